The molecule has 1 heterocycles. The lowest BCUT2D eigenvalue weighted by Crippen LogP contribution is -2.18. The molecule has 1 saturated carbocycles. The molecule has 18 heavy (non-hydrogen) atoms. The van der Waals surface area contributed by atoms with Crippen molar-refractivity contribution in [1.29, 1.82) is 0 Å². The van der Waals surface area contributed by atoms with E-state index in [9.17, 15) is 10.1 Å². The lowest BCUT2D eigenvalue weighted by Gasteiger charge is -2.14. The summed E-state index contributed by atoms with van der Waals surface area (Å²) in [5.41, 5.74) is 2.36. The standard InChI is InChI=1S/C11H17N5O2/c1-7(6-8-2-3-8)13-11-9(16(17)18)4-5-10(14-11)15-12/h4-5,7-8H,2-3,6,12H2,1H3,(H2,13,14,15). The molecule has 7 nitrogen and oxygen atoms in total. The molecule has 1 atom stereocenters. The summed E-state index contributed by atoms with van der Waals surface area (Å²) in [5.74, 6) is 6.68. The predicted octanol–water partition coefficient (Wildman–Crippen LogP) is 1.88. The van der Waals surface area contributed by atoms with E-state index in [-0.39, 0.29) is 17.5 Å². The van der Waals surface area contributed by atoms with Crippen molar-refractivity contribution in [3.05, 3.63) is 22.2 Å². The van der Waals surface area contributed by atoms with E-state index in [0.29, 0.717) is 5.82 Å². The lowest BCUT2D eigenvalue weighted by molar-refractivity contribution is -0.384. The van der Waals surface area contributed by atoms with Crippen LogP contribution in [0.2, 0.25) is 0 Å². The maximum atomic E-state index is 10.9. The zero-order valence-corrected chi connectivity index (χ0v) is 10.2. The average molecular weight is 251 g/mol. The quantitative estimate of drug-likeness (QED) is 0.405. The minimum absolute atomic E-state index is 0.0309. The van der Waals surface area contributed by atoms with E-state index in [1.807, 2.05) is 6.92 Å². The maximum absolute atomic E-state index is 10.9. The Bertz CT molecular complexity index is 447. The molecule has 4 N–H and O–H groups in total. The van der Waals surface area contributed by atoms with Gasteiger partial charge in [-0.3, -0.25) is 10.1 Å². The highest BCUT2D eigenvalue weighted by molar-refractivity contribution is 5.60. The van der Waals surface area contributed by atoms with Gasteiger partial charge in [0.05, 0.1) is 4.92 Å². The van der Waals surface area contributed by atoms with Gasteiger partial charge in [0.25, 0.3) is 0 Å². The van der Waals surface area contributed by atoms with E-state index in [0.717, 1.165) is 12.3 Å². The van der Waals surface area contributed by atoms with Gasteiger partial charge in [-0.05, 0) is 25.3 Å². The summed E-state index contributed by atoms with van der Waals surface area (Å²) in [7, 11) is 0. The third-order valence-electron chi connectivity index (χ3n) is 2.99. The van der Waals surface area contributed by atoms with Gasteiger partial charge in [-0.1, -0.05) is 12.8 Å². The normalized spacial score (nSPS) is 16.1. The van der Waals surface area contributed by atoms with Crippen LogP contribution in [0.25, 0.3) is 0 Å². The number of hydrazine groups is 1. The van der Waals surface area contributed by atoms with Crippen molar-refractivity contribution < 1.29 is 4.92 Å². The topological polar surface area (TPSA) is 106 Å². The molecule has 2 rings (SSSR count). The number of rotatable bonds is 6. The summed E-state index contributed by atoms with van der Waals surface area (Å²) in [6.07, 6.45) is 3.52. The van der Waals surface area contributed by atoms with Crippen LogP contribution in [0.1, 0.15) is 26.2 Å². The Balaban J connectivity index is 2.14. The first-order chi connectivity index (χ1) is 8.60. The Morgan fingerprint density at radius 3 is 2.89 bits per heavy atom. The predicted molar refractivity (Wildman–Crippen MR) is 69.1 cm³/mol. The van der Waals surface area contributed by atoms with Gasteiger partial charge in [0.15, 0.2) is 0 Å². The maximum Gasteiger partial charge on any atom is 0.311 e. The second-order valence-electron chi connectivity index (χ2n) is 4.69. The van der Waals surface area contributed by atoms with Crippen molar-refractivity contribution in [3.8, 4) is 0 Å². The molecule has 1 aliphatic rings. The zero-order chi connectivity index (χ0) is 13.1. The molecule has 7 heteroatoms. The van der Waals surface area contributed by atoms with Gasteiger partial charge in [-0.15, -0.1) is 0 Å². The second kappa shape index (κ2) is 5.18. The van der Waals surface area contributed by atoms with Gasteiger partial charge in [-0.2, -0.15) is 0 Å². The van der Waals surface area contributed by atoms with Crippen LogP contribution in [0.3, 0.4) is 0 Å². The third-order valence-corrected chi connectivity index (χ3v) is 2.99. The number of aromatic nitrogens is 1. The molecule has 0 saturated heterocycles. The first-order valence-corrected chi connectivity index (χ1v) is 5.98. The fraction of sp³-hybridized carbons (Fsp3) is 0.545. The molecule has 0 aliphatic heterocycles. The molecule has 98 valence electrons. The van der Waals surface area contributed by atoms with Gasteiger partial charge in [0, 0.05) is 12.1 Å². The largest absolute Gasteiger partial charge is 0.362 e. The van der Waals surface area contributed by atoms with E-state index >= 15 is 0 Å². The molecule has 0 aromatic carbocycles. The molecule has 1 aromatic heterocycles. The monoisotopic (exact) mass is 251 g/mol. The number of nitro groups is 1. The van der Waals surface area contributed by atoms with Crippen LogP contribution in [-0.4, -0.2) is 15.9 Å². The number of nitrogen functional groups attached to an aromatic ring is 1. The Morgan fingerprint density at radius 1 is 1.61 bits per heavy atom. The smallest absolute Gasteiger partial charge is 0.311 e. The summed E-state index contributed by atoms with van der Waals surface area (Å²) in [6.45, 7) is 2.01. The molecule has 0 radical (unpaired) electrons. The van der Waals surface area contributed by atoms with Crippen LogP contribution >= 0.6 is 0 Å². The van der Waals surface area contributed by atoms with Crippen molar-refractivity contribution >= 4 is 17.3 Å². The molecule has 0 bridgehead atoms. The highest BCUT2D eigenvalue weighted by Crippen LogP contribution is 2.34. The molecular formula is C11H17N5O2. The van der Waals surface area contributed by atoms with Crippen molar-refractivity contribution in [2.24, 2.45) is 11.8 Å². The molecule has 1 aromatic rings. The van der Waals surface area contributed by atoms with Crippen molar-refractivity contribution in [3.63, 3.8) is 0 Å². The minimum Gasteiger partial charge on any atom is -0.362 e. The fourth-order valence-electron chi connectivity index (χ4n) is 1.93. The van der Waals surface area contributed by atoms with Gasteiger partial charge in [0.1, 0.15) is 5.82 Å². The summed E-state index contributed by atoms with van der Waals surface area (Å²) in [6, 6.07) is 3.04. The van der Waals surface area contributed by atoms with E-state index in [2.05, 4.69) is 15.7 Å². The Kier molecular flexibility index (Phi) is 3.61. The number of nitrogens with two attached hydrogens (primary N) is 1. The van der Waals surface area contributed by atoms with E-state index in [1.165, 1.54) is 25.0 Å². The Labute approximate surface area is 105 Å². The number of nitrogens with zero attached hydrogens (tertiary/aromatic N) is 2. The molecule has 1 fully saturated rings. The van der Waals surface area contributed by atoms with E-state index in [4.69, 9.17) is 5.84 Å². The molecule has 0 spiro atoms. The first-order valence-electron chi connectivity index (χ1n) is 5.98. The molecule has 0 amide bonds. The fourth-order valence-corrected chi connectivity index (χ4v) is 1.93. The number of nitrogens with one attached hydrogen (secondary N) is 2. The summed E-state index contributed by atoms with van der Waals surface area (Å²) in [5, 5.41) is 14.0. The highest BCUT2D eigenvalue weighted by atomic mass is 16.6. The van der Waals surface area contributed by atoms with Gasteiger partial charge >= 0.3 is 5.69 Å². The highest BCUT2D eigenvalue weighted by Gasteiger charge is 2.25. The van der Waals surface area contributed by atoms with Crippen molar-refractivity contribution in [2.45, 2.75) is 32.2 Å². The third kappa shape index (κ3) is 3.07. The van der Waals surface area contributed by atoms with Gasteiger partial charge in [0.2, 0.25) is 5.82 Å². The van der Waals surface area contributed by atoms with E-state index < -0.39 is 4.92 Å². The lowest BCUT2D eigenvalue weighted by atomic mass is 10.1. The molecule has 1 aliphatic carbocycles. The summed E-state index contributed by atoms with van der Waals surface area (Å²) >= 11 is 0. The summed E-state index contributed by atoms with van der Waals surface area (Å²) in [4.78, 5) is 14.6. The average Bonchev–Trinajstić information content (AvgIpc) is 3.12. The van der Waals surface area contributed by atoms with Crippen molar-refractivity contribution in [1.82, 2.24) is 4.98 Å². The zero-order valence-electron chi connectivity index (χ0n) is 10.2. The number of anilines is 2. The van der Waals surface area contributed by atoms with Crippen LogP contribution < -0.4 is 16.6 Å². The number of pyridine rings is 1. The Morgan fingerprint density at radius 2 is 2.33 bits per heavy atom. The summed E-state index contributed by atoms with van der Waals surface area (Å²) < 4.78 is 0. The van der Waals surface area contributed by atoms with Gasteiger partial charge in [-0.25, -0.2) is 10.8 Å². The van der Waals surface area contributed by atoms with Crippen LogP contribution in [0, 0.1) is 16.0 Å². The molecular weight excluding hydrogens is 234 g/mol. The van der Waals surface area contributed by atoms with Crippen LogP contribution in [0.5, 0.6) is 0 Å². The second-order valence-corrected chi connectivity index (χ2v) is 4.69. The minimum atomic E-state index is -0.445. The van der Waals surface area contributed by atoms with Crippen LogP contribution in [-0.2, 0) is 0 Å². The van der Waals surface area contributed by atoms with E-state index in [1.54, 1.807) is 0 Å². The Hall–Kier alpha value is -1.89. The number of hydrogen-bond donors (Lipinski definition) is 3. The molecule has 1 unspecified atom stereocenters. The van der Waals surface area contributed by atoms with Crippen LogP contribution in [0.4, 0.5) is 17.3 Å². The first kappa shape index (κ1) is 12.6. The van der Waals surface area contributed by atoms with Crippen molar-refractivity contribution in [2.75, 3.05) is 10.7 Å². The SMILES string of the molecule is CC(CC1CC1)Nc1nc(NN)ccc1[N+](=O)[O-]. The number of hydrogen-bond acceptors (Lipinski definition) is 6. The van der Waals surface area contributed by atoms with Gasteiger partial charge < -0.3 is 10.7 Å². The van der Waals surface area contributed by atoms with Crippen LogP contribution in [0.15, 0.2) is 12.1 Å².